The maximum absolute atomic E-state index is 13.5. The Balaban J connectivity index is 1.33. The molecule has 0 fully saturated rings. The zero-order valence-electron chi connectivity index (χ0n) is 22.1. The van der Waals surface area contributed by atoms with E-state index in [4.69, 9.17) is 0 Å². The van der Waals surface area contributed by atoms with Gasteiger partial charge in [-0.05, 0) is 66.9 Å². The molecule has 0 radical (unpaired) electrons. The van der Waals surface area contributed by atoms with Crippen LogP contribution in [0.5, 0.6) is 0 Å². The van der Waals surface area contributed by atoms with Crippen molar-refractivity contribution in [2.75, 3.05) is 20.9 Å². The molecular weight excluding hydrogens is 558 g/mol. The summed E-state index contributed by atoms with van der Waals surface area (Å²) in [7, 11) is -7.95. The second kappa shape index (κ2) is 11.4. The monoisotopic (exact) mass is 585 g/mol. The summed E-state index contributed by atoms with van der Waals surface area (Å²) >= 11 is 0. The van der Waals surface area contributed by atoms with Gasteiger partial charge in [-0.3, -0.25) is 13.8 Å². The second-order valence-electron chi connectivity index (χ2n) is 9.37. The minimum Gasteiger partial charge on any atom is -0.325 e. The van der Waals surface area contributed by atoms with E-state index in [1.165, 1.54) is 36.4 Å². The topological polar surface area (TPSA) is 113 Å². The van der Waals surface area contributed by atoms with Crippen molar-refractivity contribution in [1.82, 2.24) is 0 Å². The third kappa shape index (κ3) is 6.24. The van der Waals surface area contributed by atoms with E-state index in [0.29, 0.717) is 17.1 Å². The molecule has 208 valence electrons. The van der Waals surface area contributed by atoms with Gasteiger partial charge in [0.05, 0.1) is 21.2 Å². The standard InChI is InChI=1S/C31H27N3O5S2/c1-23-14-18-28(19-15-23)41(38,39)34(26-10-3-2-4-11-26)22-31(35)32-25-16-20-27(21-17-25)40(36,37)33-30-13-7-9-24-8-5-6-12-29(24)30/h2-21,33H,22H2,1H3,(H,32,35). The molecule has 5 rings (SSSR count). The molecule has 8 nitrogen and oxygen atoms in total. The Hall–Kier alpha value is -4.67. The summed E-state index contributed by atoms with van der Waals surface area (Å²) in [6.45, 7) is 1.37. The molecule has 0 heterocycles. The highest BCUT2D eigenvalue weighted by atomic mass is 32.2. The highest BCUT2D eigenvalue weighted by Crippen LogP contribution is 2.27. The van der Waals surface area contributed by atoms with Gasteiger partial charge in [-0.2, -0.15) is 0 Å². The maximum Gasteiger partial charge on any atom is 0.264 e. The van der Waals surface area contributed by atoms with Gasteiger partial charge < -0.3 is 5.32 Å². The van der Waals surface area contributed by atoms with E-state index in [1.54, 1.807) is 54.6 Å². The molecule has 0 aliphatic rings. The van der Waals surface area contributed by atoms with E-state index < -0.39 is 32.5 Å². The largest absolute Gasteiger partial charge is 0.325 e. The zero-order valence-corrected chi connectivity index (χ0v) is 23.7. The number of benzene rings is 5. The normalized spacial score (nSPS) is 11.6. The van der Waals surface area contributed by atoms with Crippen LogP contribution in [0.15, 0.2) is 131 Å². The van der Waals surface area contributed by atoms with Gasteiger partial charge in [0.1, 0.15) is 6.54 Å². The van der Waals surface area contributed by atoms with Crippen LogP contribution in [0.1, 0.15) is 5.56 Å². The Kier molecular flexibility index (Phi) is 7.78. The fraction of sp³-hybridized carbons (Fsp3) is 0.0645. The molecule has 0 aromatic heterocycles. The first kappa shape index (κ1) is 27.9. The molecule has 2 N–H and O–H groups in total. The Morgan fingerprint density at radius 1 is 0.683 bits per heavy atom. The van der Waals surface area contributed by atoms with Crippen molar-refractivity contribution in [3.63, 3.8) is 0 Å². The molecular formula is C31H27N3O5S2. The summed E-state index contributed by atoms with van der Waals surface area (Å²) < 4.78 is 56.8. The highest BCUT2D eigenvalue weighted by Gasteiger charge is 2.27. The summed E-state index contributed by atoms with van der Waals surface area (Å²) in [6.07, 6.45) is 0. The lowest BCUT2D eigenvalue weighted by atomic mass is 10.1. The van der Waals surface area contributed by atoms with Crippen LogP contribution in [-0.4, -0.2) is 29.3 Å². The predicted octanol–water partition coefficient (Wildman–Crippen LogP) is 5.78. The molecule has 0 aliphatic carbocycles. The van der Waals surface area contributed by atoms with Crippen LogP contribution < -0.4 is 14.3 Å². The molecule has 5 aromatic rings. The Bertz CT molecular complexity index is 1900. The van der Waals surface area contributed by atoms with E-state index >= 15 is 0 Å². The first-order chi connectivity index (χ1) is 19.6. The van der Waals surface area contributed by atoms with E-state index in [2.05, 4.69) is 10.0 Å². The lowest BCUT2D eigenvalue weighted by Crippen LogP contribution is -2.38. The molecule has 1 amide bonds. The van der Waals surface area contributed by atoms with Crippen LogP contribution in [0, 0.1) is 6.92 Å². The molecule has 5 aromatic carbocycles. The summed E-state index contributed by atoms with van der Waals surface area (Å²) in [5, 5.41) is 4.34. The SMILES string of the molecule is Cc1ccc(S(=O)(=O)N(CC(=O)Nc2ccc(S(=O)(=O)Nc3cccc4ccccc34)cc2)c2ccccc2)cc1. The van der Waals surface area contributed by atoms with Crippen molar-refractivity contribution in [2.45, 2.75) is 16.7 Å². The van der Waals surface area contributed by atoms with E-state index in [9.17, 15) is 21.6 Å². The van der Waals surface area contributed by atoms with Crippen molar-refractivity contribution >= 4 is 53.8 Å². The molecule has 0 spiro atoms. The zero-order chi connectivity index (χ0) is 29.0. The fourth-order valence-corrected chi connectivity index (χ4v) is 6.81. The van der Waals surface area contributed by atoms with E-state index in [1.807, 2.05) is 37.3 Å². The average Bonchev–Trinajstić information content (AvgIpc) is 2.97. The van der Waals surface area contributed by atoms with Crippen LogP contribution in [0.25, 0.3) is 10.8 Å². The van der Waals surface area contributed by atoms with Gasteiger partial charge in [0.2, 0.25) is 5.91 Å². The second-order valence-corrected chi connectivity index (χ2v) is 12.9. The maximum atomic E-state index is 13.5. The van der Waals surface area contributed by atoms with Gasteiger partial charge in [-0.25, -0.2) is 16.8 Å². The van der Waals surface area contributed by atoms with Crippen molar-refractivity contribution < 1.29 is 21.6 Å². The lowest BCUT2D eigenvalue weighted by Gasteiger charge is -2.24. The number of nitrogens with one attached hydrogen (secondary N) is 2. The smallest absolute Gasteiger partial charge is 0.264 e. The summed E-state index contributed by atoms with van der Waals surface area (Å²) in [4.78, 5) is 13.1. The quantitative estimate of drug-likeness (QED) is 0.228. The summed E-state index contributed by atoms with van der Waals surface area (Å²) in [5.74, 6) is -0.589. The highest BCUT2D eigenvalue weighted by molar-refractivity contribution is 7.93. The molecule has 41 heavy (non-hydrogen) atoms. The Morgan fingerprint density at radius 2 is 1.29 bits per heavy atom. The molecule has 0 saturated carbocycles. The number of sulfonamides is 2. The molecule has 0 aliphatic heterocycles. The number of anilines is 3. The molecule has 10 heteroatoms. The van der Waals surface area contributed by atoms with Crippen molar-refractivity contribution in [3.8, 4) is 0 Å². The average molecular weight is 586 g/mol. The van der Waals surface area contributed by atoms with Crippen LogP contribution in [-0.2, 0) is 24.8 Å². The third-order valence-corrected chi connectivity index (χ3v) is 9.59. The minimum atomic E-state index is -4.04. The number of amides is 1. The van der Waals surface area contributed by atoms with Gasteiger partial charge in [0.15, 0.2) is 0 Å². The molecule has 0 unspecified atom stereocenters. The van der Waals surface area contributed by atoms with Crippen LogP contribution in [0.4, 0.5) is 17.1 Å². The van der Waals surface area contributed by atoms with Crippen LogP contribution in [0.3, 0.4) is 0 Å². The number of fused-ring (bicyclic) bond motifs is 1. The predicted molar refractivity (Wildman–Crippen MR) is 162 cm³/mol. The fourth-order valence-electron chi connectivity index (χ4n) is 4.31. The summed E-state index contributed by atoms with van der Waals surface area (Å²) in [5.41, 5.74) is 2.02. The Labute approximate surface area is 239 Å². The third-order valence-electron chi connectivity index (χ3n) is 6.42. The lowest BCUT2D eigenvalue weighted by molar-refractivity contribution is -0.114. The molecule has 0 bridgehead atoms. The number of rotatable bonds is 9. The number of para-hydroxylation sites is 1. The number of hydrogen-bond donors (Lipinski definition) is 2. The van der Waals surface area contributed by atoms with Crippen molar-refractivity contribution in [1.29, 1.82) is 0 Å². The van der Waals surface area contributed by atoms with E-state index in [0.717, 1.165) is 20.6 Å². The minimum absolute atomic E-state index is 0.0105. The van der Waals surface area contributed by atoms with Crippen molar-refractivity contribution in [3.05, 3.63) is 127 Å². The van der Waals surface area contributed by atoms with Gasteiger partial charge in [0.25, 0.3) is 20.0 Å². The molecule has 0 saturated heterocycles. The number of carbonyl (C=O) groups is 1. The summed E-state index contributed by atoms with van der Waals surface area (Å²) in [6, 6.07) is 33.2. The number of nitrogens with zero attached hydrogens (tertiary/aromatic N) is 1. The first-order valence-corrected chi connectivity index (χ1v) is 15.6. The molecule has 0 atom stereocenters. The van der Waals surface area contributed by atoms with Gasteiger partial charge in [-0.15, -0.1) is 0 Å². The van der Waals surface area contributed by atoms with Crippen LogP contribution in [0.2, 0.25) is 0 Å². The number of hydrogen-bond acceptors (Lipinski definition) is 5. The van der Waals surface area contributed by atoms with Gasteiger partial charge >= 0.3 is 0 Å². The van der Waals surface area contributed by atoms with Gasteiger partial charge in [-0.1, -0.05) is 72.3 Å². The first-order valence-electron chi connectivity index (χ1n) is 12.7. The van der Waals surface area contributed by atoms with Crippen LogP contribution >= 0.6 is 0 Å². The van der Waals surface area contributed by atoms with E-state index in [-0.39, 0.29) is 9.79 Å². The Morgan fingerprint density at radius 3 is 2.00 bits per heavy atom. The van der Waals surface area contributed by atoms with Gasteiger partial charge in [0, 0.05) is 11.1 Å². The number of aryl methyl sites for hydroxylation is 1. The number of carbonyl (C=O) groups excluding carboxylic acids is 1. The van der Waals surface area contributed by atoms with Crippen molar-refractivity contribution in [2.24, 2.45) is 0 Å².